The normalized spacial score (nSPS) is 21.1. The number of nitrogens with two attached hydrogens (primary N) is 2. The number of cyclic esters (lactones) is 1. The Balaban J connectivity index is 1.16. The largest absolute Gasteiger partial charge is 0.442 e. The Hall–Kier alpha value is -4.04. The second kappa shape index (κ2) is 9.07. The fourth-order valence-electron chi connectivity index (χ4n) is 4.11. The molecule has 1 saturated heterocycles. The van der Waals surface area contributed by atoms with E-state index in [0.29, 0.717) is 41.6 Å². The molecule has 5 rings (SSSR count). The first-order chi connectivity index (χ1) is 16.5. The molecule has 0 spiro atoms. The van der Waals surface area contributed by atoms with Gasteiger partial charge >= 0.3 is 6.09 Å². The van der Waals surface area contributed by atoms with Gasteiger partial charge in [-0.1, -0.05) is 24.3 Å². The lowest BCUT2D eigenvalue weighted by molar-refractivity contribution is 0.102. The molecular weight excluding hydrogens is 430 g/mol. The highest BCUT2D eigenvalue weighted by Gasteiger charge is 2.35. The van der Waals surface area contributed by atoms with Crippen molar-refractivity contribution in [1.82, 2.24) is 0 Å². The summed E-state index contributed by atoms with van der Waals surface area (Å²) in [6, 6.07) is 22.4. The number of ether oxygens (including phenoxy) is 1. The summed E-state index contributed by atoms with van der Waals surface area (Å²) in [5.41, 5.74) is 16.2. The van der Waals surface area contributed by atoms with E-state index < -0.39 is 6.09 Å². The highest BCUT2D eigenvalue weighted by Crippen LogP contribution is 2.39. The Kier molecular flexibility index (Phi) is 5.81. The van der Waals surface area contributed by atoms with E-state index in [1.165, 1.54) is 5.56 Å². The molecule has 2 fully saturated rings. The SMILES string of the molecule is Nc1ccccc1NC(=O)c1ccc(N2CC(CNc3ccc([C@H]4C[C@@H]4N)cc3)OC2=O)cc1. The lowest BCUT2D eigenvalue weighted by Gasteiger charge is -2.14. The Bertz CT molecular complexity index is 1200. The van der Waals surface area contributed by atoms with Crippen molar-refractivity contribution in [2.24, 2.45) is 5.73 Å². The predicted molar refractivity (Wildman–Crippen MR) is 133 cm³/mol. The number of amides is 2. The van der Waals surface area contributed by atoms with Crippen molar-refractivity contribution >= 4 is 34.7 Å². The molecule has 6 N–H and O–H groups in total. The second-order valence-corrected chi connectivity index (χ2v) is 8.71. The molecule has 3 aromatic carbocycles. The maximum atomic E-state index is 12.5. The fourth-order valence-corrected chi connectivity index (χ4v) is 4.11. The number of benzene rings is 3. The number of carbonyl (C=O) groups excluding carboxylic acids is 2. The lowest BCUT2D eigenvalue weighted by atomic mass is 10.1. The third-order valence-corrected chi connectivity index (χ3v) is 6.24. The molecule has 0 radical (unpaired) electrons. The van der Waals surface area contributed by atoms with Crippen LogP contribution in [0.1, 0.15) is 28.3 Å². The molecule has 174 valence electrons. The quantitative estimate of drug-likeness (QED) is 0.401. The highest BCUT2D eigenvalue weighted by molar-refractivity contribution is 6.06. The number of para-hydroxylation sites is 2. The summed E-state index contributed by atoms with van der Waals surface area (Å²) in [4.78, 5) is 26.5. The molecule has 1 unspecified atom stereocenters. The molecule has 3 atom stereocenters. The Morgan fingerprint density at radius 3 is 2.41 bits per heavy atom. The Morgan fingerprint density at radius 2 is 1.74 bits per heavy atom. The monoisotopic (exact) mass is 457 g/mol. The topological polar surface area (TPSA) is 123 Å². The number of hydrogen-bond acceptors (Lipinski definition) is 6. The minimum absolute atomic E-state index is 0.273. The zero-order valence-electron chi connectivity index (χ0n) is 18.6. The molecule has 0 aromatic heterocycles. The Labute approximate surface area is 197 Å². The summed E-state index contributed by atoms with van der Waals surface area (Å²) in [7, 11) is 0. The van der Waals surface area contributed by atoms with Gasteiger partial charge in [-0.3, -0.25) is 9.69 Å². The molecule has 0 bridgehead atoms. The summed E-state index contributed by atoms with van der Waals surface area (Å²) < 4.78 is 5.52. The van der Waals surface area contributed by atoms with Gasteiger partial charge in [-0.05, 0) is 60.5 Å². The first-order valence-electron chi connectivity index (χ1n) is 11.3. The van der Waals surface area contributed by atoms with Gasteiger partial charge in [0.2, 0.25) is 0 Å². The molecule has 34 heavy (non-hydrogen) atoms. The van der Waals surface area contributed by atoms with Crippen LogP contribution in [0.25, 0.3) is 0 Å². The van der Waals surface area contributed by atoms with Gasteiger partial charge in [0.1, 0.15) is 6.10 Å². The van der Waals surface area contributed by atoms with Crippen LogP contribution in [0.15, 0.2) is 72.8 Å². The molecule has 3 aromatic rings. The zero-order valence-corrected chi connectivity index (χ0v) is 18.6. The standard InChI is InChI=1S/C26H27N5O3/c27-22-3-1-2-4-24(22)30-25(32)17-7-11-19(12-8-17)31-15-20(34-26(31)33)14-29-18-9-5-16(6-10-18)21-13-23(21)28/h1-12,20-21,23,29H,13-15,27-28H2,(H,30,32)/t20?,21-,23+/m1/s1. The molecule has 8 nitrogen and oxygen atoms in total. The number of nitrogens with one attached hydrogen (secondary N) is 2. The maximum Gasteiger partial charge on any atom is 0.414 e. The molecule has 1 saturated carbocycles. The van der Waals surface area contributed by atoms with E-state index in [1.807, 2.05) is 12.1 Å². The average molecular weight is 458 g/mol. The van der Waals surface area contributed by atoms with Crippen molar-refractivity contribution in [2.45, 2.75) is 24.5 Å². The third kappa shape index (κ3) is 4.67. The molecule has 1 heterocycles. The van der Waals surface area contributed by atoms with Crippen molar-refractivity contribution in [1.29, 1.82) is 0 Å². The van der Waals surface area contributed by atoms with Gasteiger partial charge in [0, 0.05) is 28.9 Å². The summed E-state index contributed by atoms with van der Waals surface area (Å²) >= 11 is 0. The molecule has 1 aliphatic carbocycles. The zero-order chi connectivity index (χ0) is 23.7. The van der Waals surface area contributed by atoms with Gasteiger partial charge < -0.3 is 26.8 Å². The van der Waals surface area contributed by atoms with Crippen LogP contribution in [0.3, 0.4) is 0 Å². The van der Waals surface area contributed by atoms with Crippen LogP contribution in [-0.2, 0) is 4.74 Å². The Morgan fingerprint density at radius 1 is 1.03 bits per heavy atom. The number of anilines is 4. The minimum Gasteiger partial charge on any atom is -0.442 e. The van der Waals surface area contributed by atoms with Crippen molar-refractivity contribution in [2.75, 3.05) is 34.4 Å². The van der Waals surface area contributed by atoms with Crippen molar-refractivity contribution in [3.63, 3.8) is 0 Å². The number of rotatable bonds is 7. The van der Waals surface area contributed by atoms with E-state index in [2.05, 4.69) is 22.8 Å². The van der Waals surface area contributed by atoms with Crippen molar-refractivity contribution in [3.05, 3.63) is 83.9 Å². The van der Waals surface area contributed by atoms with Gasteiger partial charge in [0.25, 0.3) is 5.91 Å². The fraction of sp³-hybridized carbons (Fsp3) is 0.231. The van der Waals surface area contributed by atoms with Crippen molar-refractivity contribution in [3.8, 4) is 0 Å². The van der Waals surface area contributed by atoms with Gasteiger partial charge in [0.15, 0.2) is 0 Å². The van der Waals surface area contributed by atoms with Crippen LogP contribution in [0.5, 0.6) is 0 Å². The second-order valence-electron chi connectivity index (χ2n) is 8.71. The molecule has 2 amide bonds. The van der Waals surface area contributed by atoms with Gasteiger partial charge in [-0.25, -0.2) is 4.79 Å². The summed E-state index contributed by atoms with van der Waals surface area (Å²) in [6.07, 6.45) is 0.362. The van der Waals surface area contributed by atoms with Crippen LogP contribution in [0, 0.1) is 0 Å². The average Bonchev–Trinajstić information content (AvgIpc) is 3.46. The van der Waals surface area contributed by atoms with Crippen LogP contribution in [0.4, 0.5) is 27.5 Å². The molecule has 1 aliphatic heterocycles. The minimum atomic E-state index is -0.404. The highest BCUT2D eigenvalue weighted by atomic mass is 16.6. The van der Waals surface area contributed by atoms with E-state index in [0.717, 1.165) is 12.1 Å². The van der Waals surface area contributed by atoms with E-state index in [9.17, 15) is 9.59 Å². The predicted octanol–water partition coefficient (Wildman–Crippen LogP) is 3.77. The maximum absolute atomic E-state index is 12.5. The van der Waals surface area contributed by atoms with Gasteiger partial charge in [-0.2, -0.15) is 0 Å². The van der Waals surface area contributed by atoms with Gasteiger partial charge in [0.05, 0.1) is 24.5 Å². The van der Waals surface area contributed by atoms with Crippen LogP contribution in [-0.4, -0.2) is 37.2 Å². The summed E-state index contributed by atoms with van der Waals surface area (Å²) in [5, 5.41) is 6.13. The van der Waals surface area contributed by atoms with Crippen LogP contribution < -0.4 is 27.0 Å². The third-order valence-electron chi connectivity index (χ3n) is 6.24. The summed E-state index contributed by atoms with van der Waals surface area (Å²) in [5.74, 6) is 0.206. The number of nitrogens with zero attached hydrogens (tertiary/aromatic N) is 1. The molecular formula is C26H27N5O3. The van der Waals surface area contributed by atoms with Gasteiger partial charge in [-0.15, -0.1) is 0 Å². The lowest BCUT2D eigenvalue weighted by Crippen LogP contribution is -2.27. The molecule has 2 aliphatic rings. The smallest absolute Gasteiger partial charge is 0.414 e. The molecule has 8 heteroatoms. The number of hydrogen-bond donors (Lipinski definition) is 4. The van der Waals surface area contributed by atoms with Crippen LogP contribution in [0.2, 0.25) is 0 Å². The summed E-state index contributed by atoms with van der Waals surface area (Å²) in [6.45, 7) is 0.927. The van der Waals surface area contributed by atoms with Crippen LogP contribution >= 0.6 is 0 Å². The van der Waals surface area contributed by atoms with E-state index in [-0.39, 0.29) is 18.1 Å². The van der Waals surface area contributed by atoms with Crippen molar-refractivity contribution < 1.29 is 14.3 Å². The van der Waals surface area contributed by atoms with E-state index >= 15 is 0 Å². The van der Waals surface area contributed by atoms with E-state index in [1.54, 1.807) is 53.4 Å². The first-order valence-corrected chi connectivity index (χ1v) is 11.3. The number of nitrogen functional groups attached to an aromatic ring is 1. The first kappa shape index (κ1) is 21.8. The van der Waals surface area contributed by atoms with E-state index in [4.69, 9.17) is 16.2 Å². The number of carbonyl (C=O) groups is 2.